The Labute approximate surface area is 305 Å². The van der Waals surface area contributed by atoms with Crippen LogP contribution in [0.2, 0.25) is 0 Å². The van der Waals surface area contributed by atoms with Gasteiger partial charge in [0.2, 0.25) is 0 Å². The van der Waals surface area contributed by atoms with Crippen LogP contribution >= 0.6 is 0 Å². The van der Waals surface area contributed by atoms with E-state index in [4.69, 9.17) is 9.47 Å². The fraction of sp³-hybridized carbons (Fsp3) is 0.909. The third-order valence-corrected chi connectivity index (χ3v) is 9.81. The lowest BCUT2D eigenvalue weighted by Gasteiger charge is -2.15. The molecule has 0 heterocycles. The minimum absolute atomic E-state index is 0.0612. The number of carbonyl (C=O) groups is 2. The highest BCUT2D eigenvalue weighted by molar-refractivity contribution is 5.70. The fourth-order valence-electron chi connectivity index (χ4n) is 6.49. The molecule has 0 amide bonds. The van der Waals surface area contributed by atoms with Crippen LogP contribution in [0.1, 0.15) is 239 Å². The quantitative estimate of drug-likeness (QED) is 0.0393. The zero-order valence-corrected chi connectivity index (χ0v) is 33.0. The Hall–Kier alpha value is -1.36. The maximum atomic E-state index is 12.2. The van der Waals surface area contributed by atoms with E-state index in [1.807, 2.05) is 0 Å². The lowest BCUT2D eigenvalue weighted by molar-refractivity contribution is -0.161. The summed E-state index contributed by atoms with van der Waals surface area (Å²) >= 11 is 0. The summed E-state index contributed by atoms with van der Waals surface area (Å²) in [5.41, 5.74) is 0. The smallest absolute Gasteiger partial charge is 0.306 e. The SMILES string of the molecule is CCCCCC/C=C/CCCCCCCCCC(=O)O[C@@H](CO)COC(=O)CCCCCCCCCCCCCCCCCCCCCC. The molecule has 0 saturated carbocycles. The molecule has 1 atom stereocenters. The largest absolute Gasteiger partial charge is 0.462 e. The summed E-state index contributed by atoms with van der Waals surface area (Å²) in [4.78, 5) is 24.3. The van der Waals surface area contributed by atoms with Gasteiger partial charge in [0.1, 0.15) is 6.61 Å². The van der Waals surface area contributed by atoms with Gasteiger partial charge >= 0.3 is 11.9 Å². The second-order valence-corrected chi connectivity index (χ2v) is 14.8. The average molecular weight is 693 g/mol. The highest BCUT2D eigenvalue weighted by atomic mass is 16.6. The van der Waals surface area contributed by atoms with Gasteiger partial charge in [-0.3, -0.25) is 9.59 Å². The highest BCUT2D eigenvalue weighted by Gasteiger charge is 2.16. The molecule has 0 aliphatic rings. The van der Waals surface area contributed by atoms with Gasteiger partial charge in [0, 0.05) is 12.8 Å². The van der Waals surface area contributed by atoms with Crippen LogP contribution in [0.3, 0.4) is 0 Å². The molecule has 0 rings (SSSR count). The molecule has 0 saturated heterocycles. The van der Waals surface area contributed by atoms with Crippen LogP contribution in [-0.4, -0.2) is 36.4 Å². The minimum atomic E-state index is -0.767. The lowest BCUT2D eigenvalue weighted by Crippen LogP contribution is -2.28. The van der Waals surface area contributed by atoms with E-state index < -0.39 is 6.10 Å². The van der Waals surface area contributed by atoms with Gasteiger partial charge in [-0.25, -0.2) is 0 Å². The van der Waals surface area contributed by atoms with Crippen molar-refractivity contribution >= 4 is 11.9 Å². The Morgan fingerprint density at radius 1 is 0.449 bits per heavy atom. The molecule has 5 heteroatoms. The van der Waals surface area contributed by atoms with Crippen LogP contribution in [-0.2, 0) is 19.1 Å². The summed E-state index contributed by atoms with van der Waals surface area (Å²) in [6.45, 7) is 4.15. The summed E-state index contributed by atoms with van der Waals surface area (Å²) in [5.74, 6) is -0.582. The Morgan fingerprint density at radius 2 is 0.755 bits per heavy atom. The van der Waals surface area contributed by atoms with E-state index in [2.05, 4.69) is 26.0 Å². The predicted molar refractivity (Wildman–Crippen MR) is 210 cm³/mol. The summed E-state index contributed by atoms with van der Waals surface area (Å²) in [5, 5.41) is 9.57. The van der Waals surface area contributed by atoms with Crippen LogP contribution in [0.15, 0.2) is 12.2 Å². The van der Waals surface area contributed by atoms with Gasteiger partial charge in [-0.05, 0) is 38.5 Å². The molecular weight excluding hydrogens is 608 g/mol. The highest BCUT2D eigenvalue weighted by Crippen LogP contribution is 2.16. The Bertz CT molecular complexity index is 705. The van der Waals surface area contributed by atoms with Crippen molar-refractivity contribution in [2.75, 3.05) is 13.2 Å². The van der Waals surface area contributed by atoms with Gasteiger partial charge in [-0.1, -0.05) is 199 Å². The first-order chi connectivity index (χ1) is 24.1. The molecule has 0 fully saturated rings. The maximum absolute atomic E-state index is 12.2. The van der Waals surface area contributed by atoms with Crippen LogP contribution in [0.5, 0.6) is 0 Å². The van der Waals surface area contributed by atoms with Crippen LogP contribution in [0.4, 0.5) is 0 Å². The first kappa shape index (κ1) is 47.6. The molecule has 0 aromatic carbocycles. The molecule has 0 aliphatic carbocycles. The number of hydrogen-bond acceptors (Lipinski definition) is 5. The van der Waals surface area contributed by atoms with Gasteiger partial charge in [0.25, 0.3) is 0 Å². The van der Waals surface area contributed by atoms with Crippen LogP contribution in [0, 0.1) is 0 Å². The standard InChI is InChI=1S/C44H84O5/c1-3-5-7-9-11-13-15-17-19-20-21-22-23-25-26-28-30-32-34-36-38-43(46)48-41-42(40-45)49-44(47)39-37-35-33-31-29-27-24-18-16-14-12-10-8-6-4-2/h14,16,42,45H,3-13,15,17-41H2,1-2H3/b16-14+/t42-/m0/s1. The molecule has 290 valence electrons. The van der Waals surface area contributed by atoms with Crippen molar-refractivity contribution in [3.05, 3.63) is 12.2 Å². The molecule has 5 nitrogen and oxygen atoms in total. The zero-order valence-electron chi connectivity index (χ0n) is 33.0. The van der Waals surface area contributed by atoms with Crippen LogP contribution < -0.4 is 0 Å². The summed E-state index contributed by atoms with van der Waals surface area (Å²) in [6, 6.07) is 0. The van der Waals surface area contributed by atoms with Crippen molar-refractivity contribution in [2.24, 2.45) is 0 Å². The lowest BCUT2D eigenvalue weighted by atomic mass is 10.0. The predicted octanol–water partition coefficient (Wildman–Crippen LogP) is 13.7. The molecule has 0 aromatic rings. The minimum Gasteiger partial charge on any atom is -0.462 e. The number of hydrogen-bond donors (Lipinski definition) is 1. The van der Waals surface area contributed by atoms with Gasteiger partial charge in [-0.2, -0.15) is 0 Å². The number of carbonyl (C=O) groups excluding carboxylic acids is 2. The molecule has 0 aliphatic heterocycles. The molecule has 49 heavy (non-hydrogen) atoms. The van der Waals surface area contributed by atoms with Gasteiger partial charge < -0.3 is 14.6 Å². The third-order valence-electron chi connectivity index (χ3n) is 9.81. The van der Waals surface area contributed by atoms with E-state index in [0.717, 1.165) is 32.1 Å². The van der Waals surface area contributed by atoms with Crippen molar-refractivity contribution in [1.29, 1.82) is 0 Å². The number of esters is 2. The summed E-state index contributed by atoms with van der Waals surface area (Å²) in [6.07, 6.45) is 47.1. The molecule has 0 bridgehead atoms. The van der Waals surface area contributed by atoms with Gasteiger partial charge in [0.05, 0.1) is 6.61 Å². The first-order valence-corrected chi connectivity index (χ1v) is 21.7. The molecule has 1 N–H and O–H groups in total. The maximum Gasteiger partial charge on any atom is 0.306 e. The van der Waals surface area contributed by atoms with E-state index in [1.54, 1.807) is 0 Å². The van der Waals surface area contributed by atoms with Gasteiger partial charge in [-0.15, -0.1) is 0 Å². The van der Waals surface area contributed by atoms with E-state index >= 15 is 0 Å². The molecule has 0 spiro atoms. The Morgan fingerprint density at radius 3 is 1.12 bits per heavy atom. The van der Waals surface area contributed by atoms with E-state index in [0.29, 0.717) is 12.8 Å². The summed E-state index contributed by atoms with van der Waals surface area (Å²) in [7, 11) is 0. The number of aliphatic hydroxyl groups excluding tert-OH is 1. The van der Waals surface area contributed by atoms with E-state index in [-0.39, 0.29) is 25.2 Å². The topological polar surface area (TPSA) is 72.8 Å². The number of ether oxygens (including phenoxy) is 2. The average Bonchev–Trinajstić information content (AvgIpc) is 3.10. The number of aliphatic hydroxyl groups is 1. The molecule has 0 aromatic heterocycles. The number of unbranched alkanes of at least 4 members (excludes halogenated alkanes) is 30. The van der Waals surface area contributed by atoms with E-state index in [1.165, 1.54) is 180 Å². The Kier molecular flexibility index (Phi) is 39.9. The fourth-order valence-corrected chi connectivity index (χ4v) is 6.49. The molecule has 0 unspecified atom stereocenters. The number of rotatable bonds is 40. The second-order valence-electron chi connectivity index (χ2n) is 14.8. The monoisotopic (exact) mass is 693 g/mol. The Balaban J connectivity index is 3.48. The van der Waals surface area contributed by atoms with Crippen molar-refractivity contribution in [2.45, 2.75) is 245 Å². The zero-order chi connectivity index (χ0) is 35.7. The van der Waals surface area contributed by atoms with E-state index in [9.17, 15) is 14.7 Å². The number of allylic oxidation sites excluding steroid dienone is 2. The third kappa shape index (κ3) is 39.3. The van der Waals surface area contributed by atoms with Crippen molar-refractivity contribution in [1.82, 2.24) is 0 Å². The molecule has 0 radical (unpaired) electrons. The normalized spacial score (nSPS) is 12.1. The van der Waals surface area contributed by atoms with Crippen molar-refractivity contribution < 1.29 is 24.2 Å². The van der Waals surface area contributed by atoms with Gasteiger partial charge in [0.15, 0.2) is 6.10 Å². The van der Waals surface area contributed by atoms with Crippen molar-refractivity contribution in [3.63, 3.8) is 0 Å². The first-order valence-electron chi connectivity index (χ1n) is 21.7. The second kappa shape index (κ2) is 41.1. The molecular formula is C44H84O5. The van der Waals surface area contributed by atoms with Crippen molar-refractivity contribution in [3.8, 4) is 0 Å². The van der Waals surface area contributed by atoms with Crippen LogP contribution in [0.25, 0.3) is 0 Å². The summed E-state index contributed by atoms with van der Waals surface area (Å²) < 4.78 is 10.6.